The standard InChI is InChI=1S/C21H25N5OS.H2/c1-4-9-17(10-5-2)23-19(27)21(12-8-13-21)28-20-25-24-18(26(20)6-3)16-11-7-14-22-15-16;/h4-5,7,9-11,14-15H,1,6,8,12-13H2,2-3H3,(H,23,27);1H/b10-5-,17-9+;. The van der Waals surface area contributed by atoms with Crippen molar-refractivity contribution < 1.29 is 6.22 Å². The Balaban J connectivity index is 0.00000300. The summed E-state index contributed by atoms with van der Waals surface area (Å²) >= 11 is 1.51. The number of aromatic nitrogens is 4. The van der Waals surface area contributed by atoms with Crippen LogP contribution in [0.25, 0.3) is 11.4 Å². The molecule has 1 fully saturated rings. The number of allylic oxidation sites excluding steroid dienone is 4. The van der Waals surface area contributed by atoms with E-state index < -0.39 is 4.75 Å². The lowest BCUT2D eigenvalue weighted by Gasteiger charge is -2.39. The molecule has 0 atom stereocenters. The highest BCUT2D eigenvalue weighted by molar-refractivity contribution is 8.01. The Kier molecular flexibility index (Phi) is 6.46. The number of carbonyl (C=O) groups excluding carboxylic acids is 1. The maximum absolute atomic E-state index is 13.1. The van der Waals surface area contributed by atoms with Crippen LogP contribution in [0, 0.1) is 0 Å². The molecule has 2 aromatic rings. The number of amides is 1. The number of hydrogen-bond donors (Lipinski definition) is 1. The first kappa shape index (κ1) is 20.1. The van der Waals surface area contributed by atoms with Gasteiger partial charge < -0.3 is 9.88 Å². The Hall–Kier alpha value is -2.67. The van der Waals surface area contributed by atoms with Crippen LogP contribution in [0.15, 0.2) is 66.3 Å². The molecular weight excluding hydrogens is 370 g/mol. The van der Waals surface area contributed by atoms with Gasteiger partial charge in [-0.2, -0.15) is 0 Å². The molecule has 2 aromatic heterocycles. The molecular formula is C21H27N5OS. The van der Waals surface area contributed by atoms with Crippen molar-refractivity contribution in [2.75, 3.05) is 0 Å². The fourth-order valence-electron chi connectivity index (χ4n) is 3.10. The Morgan fingerprint density at radius 1 is 1.46 bits per heavy atom. The molecule has 148 valence electrons. The summed E-state index contributed by atoms with van der Waals surface area (Å²) in [5, 5.41) is 12.5. The van der Waals surface area contributed by atoms with Crippen molar-refractivity contribution in [3.8, 4) is 11.4 Å². The zero-order valence-corrected chi connectivity index (χ0v) is 17.1. The molecule has 0 bridgehead atoms. The van der Waals surface area contributed by atoms with E-state index in [4.69, 9.17) is 0 Å². The van der Waals surface area contributed by atoms with Crippen molar-refractivity contribution in [3.05, 3.63) is 61.1 Å². The number of nitrogens with zero attached hydrogens (tertiary/aromatic N) is 4. The van der Waals surface area contributed by atoms with Crippen LogP contribution in [0.5, 0.6) is 0 Å². The summed E-state index contributed by atoms with van der Waals surface area (Å²) in [5.74, 6) is 0.776. The zero-order valence-electron chi connectivity index (χ0n) is 16.3. The molecule has 3 rings (SSSR count). The van der Waals surface area contributed by atoms with Gasteiger partial charge in [0.1, 0.15) is 4.75 Å². The molecule has 0 spiro atoms. The lowest BCUT2D eigenvalue weighted by atomic mass is 9.83. The number of thioether (sulfide) groups is 1. The van der Waals surface area contributed by atoms with Crippen molar-refractivity contribution in [1.29, 1.82) is 0 Å². The van der Waals surface area contributed by atoms with Crippen molar-refractivity contribution in [3.63, 3.8) is 0 Å². The van der Waals surface area contributed by atoms with E-state index in [-0.39, 0.29) is 7.33 Å². The van der Waals surface area contributed by atoms with Gasteiger partial charge in [-0.25, -0.2) is 0 Å². The van der Waals surface area contributed by atoms with Gasteiger partial charge in [-0.3, -0.25) is 9.78 Å². The third-order valence-corrected chi connectivity index (χ3v) is 6.18. The van der Waals surface area contributed by atoms with Gasteiger partial charge in [-0.15, -0.1) is 10.2 Å². The van der Waals surface area contributed by atoms with Crippen LogP contribution >= 0.6 is 11.8 Å². The van der Waals surface area contributed by atoms with Crippen LogP contribution in [0.4, 0.5) is 0 Å². The van der Waals surface area contributed by atoms with E-state index in [0.29, 0.717) is 0 Å². The van der Waals surface area contributed by atoms with Crippen LogP contribution in [0.3, 0.4) is 0 Å². The number of nitrogens with one attached hydrogen (secondary N) is 1. The molecule has 1 amide bonds. The van der Waals surface area contributed by atoms with E-state index in [2.05, 4.69) is 34.0 Å². The second-order valence-electron chi connectivity index (χ2n) is 6.55. The number of pyridine rings is 1. The molecule has 1 aliphatic rings. The van der Waals surface area contributed by atoms with Gasteiger partial charge in [-0.05, 0) is 57.4 Å². The lowest BCUT2D eigenvalue weighted by molar-refractivity contribution is -0.124. The van der Waals surface area contributed by atoms with E-state index in [1.807, 2.05) is 35.8 Å². The average molecular weight is 398 g/mol. The lowest BCUT2D eigenvalue weighted by Crippen LogP contribution is -2.48. The highest BCUT2D eigenvalue weighted by Crippen LogP contribution is 2.48. The van der Waals surface area contributed by atoms with Crippen LogP contribution in [-0.4, -0.2) is 30.4 Å². The summed E-state index contributed by atoms with van der Waals surface area (Å²) in [6.45, 7) is 8.41. The average Bonchev–Trinajstić information content (AvgIpc) is 3.08. The van der Waals surface area contributed by atoms with Crippen LogP contribution in [0.2, 0.25) is 0 Å². The molecule has 0 aromatic carbocycles. The molecule has 2 heterocycles. The third kappa shape index (κ3) is 4.09. The smallest absolute Gasteiger partial charge is 0.241 e. The molecule has 1 aliphatic carbocycles. The first-order valence-electron chi connectivity index (χ1n) is 9.43. The third-order valence-electron chi connectivity index (χ3n) is 4.72. The minimum absolute atomic E-state index is 0. The number of hydrogen-bond acceptors (Lipinski definition) is 5. The van der Waals surface area contributed by atoms with Gasteiger partial charge in [0.05, 0.1) is 0 Å². The molecule has 0 radical (unpaired) electrons. The van der Waals surface area contributed by atoms with Crippen molar-refractivity contribution >= 4 is 17.7 Å². The fraction of sp³-hybridized carbons (Fsp3) is 0.333. The quantitative estimate of drug-likeness (QED) is 0.669. The SMILES string of the molecule is C=C/C=C(\C=C/C)NC(=O)C1(Sc2nnc(-c3cccnc3)n2CC)CCC1.[HH]. The van der Waals surface area contributed by atoms with Crippen LogP contribution in [0.1, 0.15) is 34.5 Å². The molecule has 0 aliphatic heterocycles. The van der Waals surface area contributed by atoms with Crippen molar-refractivity contribution in [2.24, 2.45) is 0 Å². The van der Waals surface area contributed by atoms with Gasteiger partial charge in [-0.1, -0.05) is 30.5 Å². The molecule has 6 nitrogen and oxygen atoms in total. The maximum atomic E-state index is 13.1. The summed E-state index contributed by atoms with van der Waals surface area (Å²) in [7, 11) is 0. The Morgan fingerprint density at radius 3 is 2.86 bits per heavy atom. The fourth-order valence-corrected chi connectivity index (χ4v) is 4.49. The zero-order chi connectivity index (χ0) is 20.0. The predicted molar refractivity (Wildman–Crippen MR) is 115 cm³/mol. The molecule has 1 saturated carbocycles. The summed E-state index contributed by atoms with van der Waals surface area (Å²) in [6.07, 6.45) is 13.4. The largest absolute Gasteiger partial charge is 0.325 e. The highest BCUT2D eigenvalue weighted by Gasteiger charge is 2.46. The topological polar surface area (TPSA) is 72.7 Å². The van der Waals surface area contributed by atoms with Gasteiger partial charge in [0, 0.05) is 31.6 Å². The van der Waals surface area contributed by atoms with Crippen LogP contribution in [-0.2, 0) is 11.3 Å². The predicted octanol–water partition coefficient (Wildman–Crippen LogP) is 4.38. The monoisotopic (exact) mass is 397 g/mol. The van der Waals surface area contributed by atoms with Crippen molar-refractivity contribution in [2.45, 2.75) is 49.6 Å². The Bertz CT molecular complexity index is 903. The van der Waals surface area contributed by atoms with E-state index in [9.17, 15) is 4.79 Å². The van der Waals surface area contributed by atoms with E-state index >= 15 is 0 Å². The van der Waals surface area contributed by atoms with Gasteiger partial charge in [0.2, 0.25) is 5.91 Å². The van der Waals surface area contributed by atoms with E-state index in [1.165, 1.54) is 11.8 Å². The van der Waals surface area contributed by atoms with Crippen LogP contribution < -0.4 is 5.32 Å². The summed E-state index contributed by atoms with van der Waals surface area (Å²) < 4.78 is 1.52. The molecule has 7 heteroatoms. The summed E-state index contributed by atoms with van der Waals surface area (Å²) in [6, 6.07) is 3.85. The Morgan fingerprint density at radius 2 is 2.29 bits per heavy atom. The van der Waals surface area contributed by atoms with Gasteiger partial charge in [0.15, 0.2) is 11.0 Å². The van der Waals surface area contributed by atoms with E-state index in [0.717, 1.165) is 48.0 Å². The first-order valence-corrected chi connectivity index (χ1v) is 10.2. The second-order valence-corrected chi connectivity index (χ2v) is 7.90. The Labute approximate surface area is 171 Å². The van der Waals surface area contributed by atoms with Gasteiger partial charge in [0.25, 0.3) is 0 Å². The number of rotatable bonds is 8. The maximum Gasteiger partial charge on any atom is 0.241 e. The van der Waals surface area contributed by atoms with Gasteiger partial charge >= 0.3 is 0 Å². The summed E-state index contributed by atoms with van der Waals surface area (Å²) in [5.41, 5.74) is 1.66. The molecule has 1 N–H and O–H groups in total. The minimum atomic E-state index is -0.520. The highest BCUT2D eigenvalue weighted by atomic mass is 32.2. The summed E-state index contributed by atoms with van der Waals surface area (Å²) in [4.78, 5) is 17.3. The molecule has 28 heavy (non-hydrogen) atoms. The van der Waals surface area contributed by atoms with E-state index in [1.54, 1.807) is 24.5 Å². The molecule has 0 saturated heterocycles. The normalized spacial score (nSPS) is 16.0. The molecule has 0 unspecified atom stereocenters. The minimum Gasteiger partial charge on any atom is -0.325 e. The second kappa shape index (κ2) is 9.01. The first-order chi connectivity index (χ1) is 13.6. The van der Waals surface area contributed by atoms with Crippen molar-refractivity contribution in [1.82, 2.24) is 25.1 Å². The number of carbonyl (C=O) groups is 1.